The summed E-state index contributed by atoms with van der Waals surface area (Å²) in [5.74, 6) is 0. The quantitative estimate of drug-likeness (QED) is 0.468. The van der Waals surface area contributed by atoms with Crippen LogP contribution in [-0.2, 0) is 9.53 Å². The Morgan fingerprint density at radius 3 is 2.56 bits per heavy atom. The van der Waals surface area contributed by atoms with E-state index in [1.165, 1.54) is 11.8 Å². The van der Waals surface area contributed by atoms with E-state index in [2.05, 4.69) is 4.74 Å². The Labute approximate surface area is 58.9 Å². The lowest BCUT2D eigenvalue weighted by Gasteiger charge is -2.10. The molecule has 0 aromatic heterocycles. The first-order valence-corrected chi connectivity index (χ1v) is 3.61. The minimum Gasteiger partial charge on any atom is -0.454 e. The van der Waals surface area contributed by atoms with E-state index in [0.29, 0.717) is 6.47 Å². The van der Waals surface area contributed by atoms with E-state index in [-0.39, 0.29) is 10.8 Å². The van der Waals surface area contributed by atoms with Crippen molar-refractivity contribution in [3.05, 3.63) is 0 Å². The molecule has 0 aromatic rings. The van der Waals surface area contributed by atoms with E-state index in [9.17, 15) is 4.79 Å². The van der Waals surface area contributed by atoms with Crippen molar-refractivity contribution in [3.8, 4) is 0 Å². The highest BCUT2D eigenvalue weighted by molar-refractivity contribution is 8.00. The van der Waals surface area contributed by atoms with Crippen molar-refractivity contribution in [2.45, 2.75) is 24.7 Å². The fourth-order valence-corrected chi connectivity index (χ4v) is 1.13. The van der Waals surface area contributed by atoms with Gasteiger partial charge in [-0.15, -0.1) is 0 Å². The van der Waals surface area contributed by atoms with Crippen LogP contribution in [0.2, 0.25) is 0 Å². The second-order valence-electron chi connectivity index (χ2n) is 1.64. The van der Waals surface area contributed by atoms with Gasteiger partial charge >= 0.3 is 0 Å². The van der Waals surface area contributed by atoms with Gasteiger partial charge in [0.25, 0.3) is 6.47 Å². The average Bonchev–Trinajstić information content (AvgIpc) is 1.63. The van der Waals surface area contributed by atoms with Gasteiger partial charge < -0.3 is 10.5 Å². The van der Waals surface area contributed by atoms with Gasteiger partial charge in [-0.3, -0.25) is 4.79 Å². The van der Waals surface area contributed by atoms with Gasteiger partial charge in [0.2, 0.25) is 0 Å². The number of carbonyl (C=O) groups excluding carboxylic acids is 1. The van der Waals surface area contributed by atoms with Crippen molar-refractivity contribution >= 4 is 18.2 Å². The smallest absolute Gasteiger partial charge is 0.294 e. The standard InChI is InChI=1S/C5H11NO2S/c1-4(6)9-5(2)8-3-7/h3-5H,6H2,1-2H3. The molecule has 0 spiro atoms. The van der Waals surface area contributed by atoms with Crippen LogP contribution in [0.1, 0.15) is 13.8 Å². The normalized spacial score (nSPS) is 16.3. The summed E-state index contributed by atoms with van der Waals surface area (Å²) in [7, 11) is 0. The molecule has 2 atom stereocenters. The second-order valence-corrected chi connectivity index (χ2v) is 3.32. The number of carbonyl (C=O) groups is 1. The molecule has 0 aromatic carbocycles. The molecule has 0 bridgehead atoms. The zero-order chi connectivity index (χ0) is 7.28. The molecule has 0 radical (unpaired) electrons. The fraction of sp³-hybridized carbons (Fsp3) is 0.800. The Bertz CT molecular complexity index is 87.0. The Morgan fingerprint density at radius 1 is 1.67 bits per heavy atom. The lowest BCUT2D eigenvalue weighted by molar-refractivity contribution is -0.129. The summed E-state index contributed by atoms with van der Waals surface area (Å²) in [6.07, 6.45) is 0. The van der Waals surface area contributed by atoms with Gasteiger partial charge in [-0.1, -0.05) is 11.8 Å². The van der Waals surface area contributed by atoms with Crippen molar-refractivity contribution in [2.24, 2.45) is 5.73 Å². The van der Waals surface area contributed by atoms with E-state index >= 15 is 0 Å². The van der Waals surface area contributed by atoms with Crippen LogP contribution in [-0.4, -0.2) is 17.3 Å². The van der Waals surface area contributed by atoms with Crippen LogP contribution >= 0.6 is 11.8 Å². The first kappa shape index (κ1) is 8.78. The van der Waals surface area contributed by atoms with E-state index < -0.39 is 0 Å². The highest BCUT2D eigenvalue weighted by atomic mass is 32.2. The molecule has 3 nitrogen and oxygen atoms in total. The summed E-state index contributed by atoms with van der Waals surface area (Å²) >= 11 is 1.40. The van der Waals surface area contributed by atoms with Crippen LogP contribution in [0, 0.1) is 0 Å². The Hall–Kier alpha value is -0.220. The summed E-state index contributed by atoms with van der Waals surface area (Å²) in [6.45, 7) is 4.05. The second kappa shape index (κ2) is 4.64. The minimum atomic E-state index is -0.137. The van der Waals surface area contributed by atoms with Crippen LogP contribution in [0.3, 0.4) is 0 Å². The molecular formula is C5H11NO2S. The number of nitrogens with two attached hydrogens (primary N) is 1. The highest BCUT2D eigenvalue weighted by Crippen LogP contribution is 2.12. The van der Waals surface area contributed by atoms with Crippen LogP contribution in [0.25, 0.3) is 0 Å². The average molecular weight is 149 g/mol. The summed E-state index contributed by atoms with van der Waals surface area (Å²) in [4.78, 5) is 9.72. The maximum atomic E-state index is 9.72. The van der Waals surface area contributed by atoms with Gasteiger partial charge in [0, 0.05) is 0 Å². The van der Waals surface area contributed by atoms with E-state index in [0.717, 1.165) is 0 Å². The Balaban J connectivity index is 3.25. The lowest BCUT2D eigenvalue weighted by atomic mass is 10.8. The van der Waals surface area contributed by atoms with Gasteiger partial charge in [-0.25, -0.2) is 0 Å². The molecule has 0 fully saturated rings. The Morgan fingerprint density at radius 2 is 2.22 bits per heavy atom. The van der Waals surface area contributed by atoms with Crippen molar-refractivity contribution in [1.82, 2.24) is 0 Å². The van der Waals surface area contributed by atoms with Crippen molar-refractivity contribution < 1.29 is 9.53 Å². The summed E-state index contributed by atoms with van der Waals surface area (Å²) in [5.41, 5.74) is 5.25. The van der Waals surface area contributed by atoms with E-state index in [4.69, 9.17) is 5.73 Å². The summed E-state index contributed by atoms with van der Waals surface area (Å²) in [5, 5.41) is 0.0138. The molecular weight excluding hydrogens is 138 g/mol. The predicted octanol–water partition coefficient (Wildman–Crippen LogP) is 0.543. The number of thioether (sulfide) groups is 1. The number of ether oxygens (including phenoxy) is 1. The third-order valence-electron chi connectivity index (χ3n) is 0.653. The van der Waals surface area contributed by atoms with Crippen LogP contribution < -0.4 is 5.73 Å². The zero-order valence-corrected chi connectivity index (χ0v) is 6.35. The highest BCUT2D eigenvalue weighted by Gasteiger charge is 2.03. The van der Waals surface area contributed by atoms with Gasteiger partial charge in [0.1, 0.15) is 5.44 Å². The third kappa shape index (κ3) is 5.65. The molecule has 54 valence electrons. The number of rotatable bonds is 4. The minimum absolute atomic E-state index is 0.0138. The topological polar surface area (TPSA) is 52.3 Å². The molecule has 0 saturated carbocycles. The Kier molecular flexibility index (Phi) is 4.53. The zero-order valence-electron chi connectivity index (χ0n) is 5.53. The lowest BCUT2D eigenvalue weighted by Crippen LogP contribution is -2.15. The van der Waals surface area contributed by atoms with Crippen LogP contribution in [0.4, 0.5) is 0 Å². The third-order valence-corrected chi connectivity index (χ3v) is 1.58. The maximum Gasteiger partial charge on any atom is 0.294 e. The first-order chi connectivity index (χ1) is 4.16. The van der Waals surface area contributed by atoms with Crippen LogP contribution in [0.15, 0.2) is 0 Å². The molecule has 0 saturated heterocycles. The number of hydrogen-bond acceptors (Lipinski definition) is 4. The molecule has 0 amide bonds. The largest absolute Gasteiger partial charge is 0.454 e. The van der Waals surface area contributed by atoms with Gasteiger partial charge in [0.05, 0.1) is 5.37 Å². The SMILES string of the molecule is CC(N)SC(C)OC=O. The molecule has 0 aliphatic rings. The van der Waals surface area contributed by atoms with Crippen molar-refractivity contribution in [2.75, 3.05) is 0 Å². The predicted molar refractivity (Wildman–Crippen MR) is 37.9 cm³/mol. The molecule has 9 heavy (non-hydrogen) atoms. The molecule has 4 heteroatoms. The molecule has 2 N–H and O–H groups in total. The molecule has 0 aliphatic heterocycles. The van der Waals surface area contributed by atoms with E-state index in [1.807, 2.05) is 6.92 Å². The van der Waals surface area contributed by atoms with Crippen molar-refractivity contribution in [3.63, 3.8) is 0 Å². The van der Waals surface area contributed by atoms with Gasteiger partial charge in [-0.2, -0.15) is 0 Å². The molecule has 0 aliphatic carbocycles. The van der Waals surface area contributed by atoms with Crippen LogP contribution in [0.5, 0.6) is 0 Å². The maximum absolute atomic E-state index is 9.72. The summed E-state index contributed by atoms with van der Waals surface area (Å²) < 4.78 is 4.56. The summed E-state index contributed by atoms with van der Waals surface area (Å²) in [6, 6.07) is 0. The molecule has 0 heterocycles. The van der Waals surface area contributed by atoms with E-state index in [1.54, 1.807) is 6.92 Å². The van der Waals surface area contributed by atoms with Gasteiger partial charge in [0.15, 0.2) is 0 Å². The molecule has 2 unspecified atom stereocenters. The first-order valence-electron chi connectivity index (χ1n) is 2.67. The van der Waals surface area contributed by atoms with Crippen molar-refractivity contribution in [1.29, 1.82) is 0 Å². The fourth-order valence-electron chi connectivity index (χ4n) is 0.413. The van der Waals surface area contributed by atoms with Gasteiger partial charge in [-0.05, 0) is 13.8 Å². The monoisotopic (exact) mass is 149 g/mol. The number of hydrogen-bond donors (Lipinski definition) is 1. The molecule has 0 rings (SSSR count).